The molecule has 2 aliphatic rings. The summed E-state index contributed by atoms with van der Waals surface area (Å²) < 4.78 is 0. The van der Waals surface area contributed by atoms with Crippen molar-refractivity contribution in [3.8, 4) is 5.69 Å². The molecule has 2 saturated heterocycles. The van der Waals surface area contributed by atoms with Gasteiger partial charge in [-0.05, 0) is 36.5 Å². The SMILES string of the molecule is Cc1ccnc(N2CC3CN(Cc4ccccc4-n4nccn4)CC3C2)n1. The third kappa shape index (κ3) is 3.19. The molecular weight excluding hydrogens is 338 g/mol. The summed E-state index contributed by atoms with van der Waals surface area (Å²) in [5, 5.41) is 8.59. The Morgan fingerprint density at radius 3 is 2.41 bits per heavy atom. The number of rotatable bonds is 4. The fraction of sp³-hybridized carbons (Fsp3) is 0.400. The highest BCUT2D eigenvalue weighted by atomic mass is 15.5. The second-order valence-corrected chi connectivity index (χ2v) is 7.56. The van der Waals surface area contributed by atoms with Gasteiger partial charge in [0.2, 0.25) is 5.95 Å². The van der Waals surface area contributed by atoms with Gasteiger partial charge in [-0.1, -0.05) is 18.2 Å². The minimum Gasteiger partial charge on any atom is -0.340 e. The fourth-order valence-electron chi connectivity index (χ4n) is 4.39. The first-order valence-electron chi connectivity index (χ1n) is 9.48. The molecule has 0 spiro atoms. The second kappa shape index (κ2) is 6.74. The Labute approximate surface area is 158 Å². The zero-order valence-corrected chi connectivity index (χ0v) is 15.4. The molecule has 0 saturated carbocycles. The predicted molar refractivity (Wildman–Crippen MR) is 103 cm³/mol. The average molecular weight is 361 g/mol. The number of aromatic nitrogens is 5. The maximum absolute atomic E-state index is 4.59. The van der Waals surface area contributed by atoms with E-state index < -0.39 is 0 Å². The van der Waals surface area contributed by atoms with E-state index in [2.05, 4.69) is 48.2 Å². The van der Waals surface area contributed by atoms with Crippen LogP contribution in [0.25, 0.3) is 5.69 Å². The summed E-state index contributed by atoms with van der Waals surface area (Å²) in [4.78, 5) is 15.7. The molecule has 4 heterocycles. The van der Waals surface area contributed by atoms with Crippen molar-refractivity contribution in [2.75, 3.05) is 31.1 Å². The first-order chi connectivity index (χ1) is 13.3. The summed E-state index contributed by atoms with van der Waals surface area (Å²) in [5.41, 5.74) is 3.37. The number of hydrogen-bond acceptors (Lipinski definition) is 6. The Balaban J connectivity index is 1.27. The maximum Gasteiger partial charge on any atom is 0.225 e. The van der Waals surface area contributed by atoms with Gasteiger partial charge in [0.25, 0.3) is 0 Å². The van der Waals surface area contributed by atoms with Crippen molar-refractivity contribution in [1.29, 1.82) is 0 Å². The molecule has 0 bridgehead atoms. The van der Waals surface area contributed by atoms with Crippen molar-refractivity contribution < 1.29 is 0 Å². The van der Waals surface area contributed by atoms with E-state index in [0.29, 0.717) is 11.8 Å². The van der Waals surface area contributed by atoms with Crippen LogP contribution in [0, 0.1) is 18.8 Å². The largest absolute Gasteiger partial charge is 0.340 e. The molecular formula is C20H23N7. The molecule has 5 rings (SSSR count). The lowest BCUT2D eigenvalue weighted by Crippen LogP contribution is -2.30. The van der Waals surface area contributed by atoms with Crippen molar-refractivity contribution in [2.24, 2.45) is 11.8 Å². The van der Waals surface area contributed by atoms with Crippen molar-refractivity contribution >= 4 is 5.95 Å². The number of hydrogen-bond donors (Lipinski definition) is 0. The maximum atomic E-state index is 4.59. The normalized spacial score (nSPS) is 22.3. The van der Waals surface area contributed by atoms with Gasteiger partial charge in [-0.3, -0.25) is 4.90 Å². The van der Waals surface area contributed by atoms with E-state index in [4.69, 9.17) is 0 Å². The van der Waals surface area contributed by atoms with E-state index >= 15 is 0 Å². The highest BCUT2D eigenvalue weighted by Gasteiger charge is 2.40. The molecule has 7 nitrogen and oxygen atoms in total. The van der Waals surface area contributed by atoms with Gasteiger partial charge in [-0.15, -0.1) is 0 Å². The van der Waals surface area contributed by atoms with Crippen LogP contribution in [0.15, 0.2) is 48.9 Å². The first-order valence-corrected chi connectivity index (χ1v) is 9.48. The van der Waals surface area contributed by atoms with Gasteiger partial charge in [-0.25, -0.2) is 9.97 Å². The number of nitrogens with zero attached hydrogens (tertiary/aromatic N) is 7. The first kappa shape index (κ1) is 16.4. The Hall–Kier alpha value is -2.80. The number of benzene rings is 1. The van der Waals surface area contributed by atoms with Crippen LogP contribution in [0.4, 0.5) is 5.95 Å². The quantitative estimate of drug-likeness (QED) is 0.708. The molecule has 0 aliphatic carbocycles. The van der Waals surface area contributed by atoms with Crippen LogP contribution < -0.4 is 4.90 Å². The lowest BCUT2D eigenvalue weighted by atomic mass is 10.0. The molecule has 3 aromatic rings. The molecule has 0 N–H and O–H groups in total. The molecule has 138 valence electrons. The monoisotopic (exact) mass is 361 g/mol. The molecule has 2 unspecified atom stereocenters. The van der Waals surface area contributed by atoms with Gasteiger partial charge in [0.15, 0.2) is 0 Å². The number of para-hydroxylation sites is 1. The van der Waals surface area contributed by atoms with Crippen LogP contribution >= 0.6 is 0 Å². The number of aryl methyl sites for hydroxylation is 1. The molecule has 2 atom stereocenters. The van der Waals surface area contributed by atoms with Crippen LogP contribution in [0.3, 0.4) is 0 Å². The van der Waals surface area contributed by atoms with E-state index in [1.807, 2.05) is 25.3 Å². The second-order valence-electron chi connectivity index (χ2n) is 7.56. The van der Waals surface area contributed by atoms with Crippen LogP contribution in [0.2, 0.25) is 0 Å². The summed E-state index contributed by atoms with van der Waals surface area (Å²) in [6.45, 7) is 7.29. The van der Waals surface area contributed by atoms with Crippen LogP contribution in [-0.2, 0) is 6.54 Å². The van der Waals surface area contributed by atoms with Crippen molar-refractivity contribution in [3.63, 3.8) is 0 Å². The minimum absolute atomic E-state index is 0.684. The smallest absolute Gasteiger partial charge is 0.225 e. The van der Waals surface area contributed by atoms with E-state index in [0.717, 1.165) is 50.1 Å². The van der Waals surface area contributed by atoms with Gasteiger partial charge in [0, 0.05) is 44.6 Å². The van der Waals surface area contributed by atoms with Crippen LogP contribution in [0.5, 0.6) is 0 Å². The topological polar surface area (TPSA) is 63.0 Å². The molecule has 0 amide bonds. The van der Waals surface area contributed by atoms with Crippen molar-refractivity contribution in [1.82, 2.24) is 29.9 Å². The molecule has 7 heteroatoms. The van der Waals surface area contributed by atoms with Crippen LogP contribution in [0.1, 0.15) is 11.3 Å². The van der Waals surface area contributed by atoms with E-state index in [1.165, 1.54) is 5.56 Å². The minimum atomic E-state index is 0.684. The number of fused-ring (bicyclic) bond motifs is 1. The molecule has 0 radical (unpaired) electrons. The lowest BCUT2D eigenvalue weighted by Gasteiger charge is -2.22. The number of likely N-dealkylation sites (tertiary alicyclic amines) is 1. The van der Waals surface area contributed by atoms with Gasteiger partial charge >= 0.3 is 0 Å². The summed E-state index contributed by atoms with van der Waals surface area (Å²) in [6, 6.07) is 10.4. The third-order valence-corrected chi connectivity index (χ3v) is 5.65. The third-order valence-electron chi connectivity index (χ3n) is 5.65. The number of anilines is 1. The van der Waals surface area contributed by atoms with E-state index in [-0.39, 0.29) is 0 Å². The Kier molecular flexibility index (Phi) is 4.09. The van der Waals surface area contributed by atoms with E-state index in [1.54, 1.807) is 17.2 Å². The highest BCUT2D eigenvalue weighted by molar-refractivity contribution is 5.39. The van der Waals surface area contributed by atoms with Crippen LogP contribution in [-0.4, -0.2) is 56.0 Å². The predicted octanol–water partition coefficient (Wildman–Crippen LogP) is 1.93. The van der Waals surface area contributed by atoms with Gasteiger partial charge in [-0.2, -0.15) is 15.0 Å². The van der Waals surface area contributed by atoms with E-state index in [9.17, 15) is 0 Å². The Morgan fingerprint density at radius 2 is 1.67 bits per heavy atom. The highest BCUT2D eigenvalue weighted by Crippen LogP contribution is 2.33. The van der Waals surface area contributed by atoms with Crippen molar-refractivity contribution in [2.45, 2.75) is 13.5 Å². The van der Waals surface area contributed by atoms with Gasteiger partial charge < -0.3 is 4.90 Å². The van der Waals surface area contributed by atoms with Gasteiger partial charge in [0.1, 0.15) is 0 Å². The summed E-state index contributed by atoms with van der Waals surface area (Å²) >= 11 is 0. The molecule has 1 aromatic carbocycles. The van der Waals surface area contributed by atoms with Gasteiger partial charge in [0.05, 0.1) is 18.1 Å². The summed E-state index contributed by atoms with van der Waals surface area (Å²) in [7, 11) is 0. The fourth-order valence-corrected chi connectivity index (χ4v) is 4.39. The zero-order valence-electron chi connectivity index (χ0n) is 15.4. The van der Waals surface area contributed by atoms with Crippen molar-refractivity contribution in [3.05, 3.63) is 60.2 Å². The molecule has 2 aromatic heterocycles. The molecule has 2 aliphatic heterocycles. The molecule has 27 heavy (non-hydrogen) atoms. The summed E-state index contributed by atoms with van der Waals surface area (Å²) in [5.74, 6) is 2.25. The average Bonchev–Trinajstić information content (AvgIpc) is 3.38. The molecule has 2 fully saturated rings. The Bertz CT molecular complexity index is 910. The standard InChI is InChI=1S/C20H23N7/c1-15-6-7-21-20(24-15)26-13-17-11-25(12-18(17)14-26)10-16-4-2-3-5-19(16)27-22-8-9-23-27/h2-9,17-18H,10-14H2,1H3. The Morgan fingerprint density at radius 1 is 0.926 bits per heavy atom. The lowest BCUT2D eigenvalue weighted by molar-refractivity contribution is 0.308. The summed E-state index contributed by atoms with van der Waals surface area (Å²) in [6.07, 6.45) is 5.30. The zero-order chi connectivity index (χ0) is 18.2.